The Hall–Kier alpha value is -0.290. The van der Waals surface area contributed by atoms with E-state index < -0.39 is 15.2 Å². The zero-order chi connectivity index (χ0) is 8.36. The Labute approximate surface area is 64.7 Å². The van der Waals surface area contributed by atoms with Crippen LogP contribution < -0.4 is 0 Å². The number of nitrogens with zero attached hydrogens (tertiary/aromatic N) is 1. The summed E-state index contributed by atoms with van der Waals surface area (Å²) in [6, 6.07) is 0. The molecular formula is C4H8ClNO3S. The molecule has 4 nitrogen and oxygen atoms in total. The summed E-state index contributed by atoms with van der Waals surface area (Å²) >= 11 is 4.96. The normalized spacial score (nSPS) is 11.1. The van der Waals surface area contributed by atoms with Crippen molar-refractivity contribution in [3.05, 3.63) is 0 Å². The topological polar surface area (TPSA) is 54.5 Å². The molecule has 0 saturated heterocycles. The highest BCUT2D eigenvalue weighted by atomic mass is 35.5. The smallest absolute Gasteiger partial charge is 0.316 e. The highest BCUT2D eigenvalue weighted by Crippen LogP contribution is 1.94. The Morgan fingerprint density at radius 3 is 2.10 bits per heavy atom. The fourth-order valence-corrected chi connectivity index (χ4v) is 1.35. The molecule has 0 saturated carbocycles. The molecule has 10 heavy (non-hydrogen) atoms. The van der Waals surface area contributed by atoms with Gasteiger partial charge in [-0.25, -0.2) is 8.42 Å². The monoisotopic (exact) mass is 185 g/mol. The third kappa shape index (κ3) is 4.58. The van der Waals surface area contributed by atoms with Gasteiger partial charge in [0.05, 0.1) is 0 Å². The Morgan fingerprint density at radius 2 is 2.00 bits per heavy atom. The van der Waals surface area contributed by atoms with Crippen molar-refractivity contribution in [1.82, 2.24) is 4.90 Å². The van der Waals surface area contributed by atoms with Gasteiger partial charge in [0.25, 0.3) is 0 Å². The minimum atomic E-state index is -3.15. The lowest BCUT2D eigenvalue weighted by molar-refractivity contribution is 0.237. The summed E-state index contributed by atoms with van der Waals surface area (Å²) in [5, 5.41) is -0.773. The second kappa shape index (κ2) is 3.21. The summed E-state index contributed by atoms with van der Waals surface area (Å²) in [6.07, 6.45) is 1.03. The van der Waals surface area contributed by atoms with Crippen molar-refractivity contribution in [2.24, 2.45) is 0 Å². The molecule has 0 aromatic heterocycles. The van der Waals surface area contributed by atoms with Crippen LogP contribution in [0.4, 0.5) is 4.79 Å². The molecule has 0 unspecified atom stereocenters. The summed E-state index contributed by atoms with van der Waals surface area (Å²) in [7, 11) is -1.83. The van der Waals surface area contributed by atoms with Gasteiger partial charge in [-0.1, -0.05) is 0 Å². The van der Waals surface area contributed by atoms with Crippen LogP contribution in [0.1, 0.15) is 0 Å². The summed E-state index contributed by atoms with van der Waals surface area (Å²) in [4.78, 5) is 11.2. The van der Waals surface area contributed by atoms with E-state index in [1.807, 2.05) is 0 Å². The van der Waals surface area contributed by atoms with Gasteiger partial charge in [-0.3, -0.25) is 4.79 Å². The lowest BCUT2D eigenvalue weighted by Gasteiger charge is -2.10. The van der Waals surface area contributed by atoms with Gasteiger partial charge in [-0.2, -0.15) is 0 Å². The van der Waals surface area contributed by atoms with Gasteiger partial charge in [0.15, 0.2) is 9.84 Å². The van der Waals surface area contributed by atoms with Crippen LogP contribution in [0, 0.1) is 0 Å². The zero-order valence-corrected chi connectivity index (χ0v) is 7.24. The zero-order valence-electron chi connectivity index (χ0n) is 5.67. The van der Waals surface area contributed by atoms with Crippen LogP contribution in [-0.4, -0.2) is 37.9 Å². The maximum atomic E-state index is 10.5. The first-order chi connectivity index (χ1) is 4.33. The van der Waals surface area contributed by atoms with Crippen LogP contribution >= 0.6 is 11.6 Å². The minimum absolute atomic E-state index is 0.338. The van der Waals surface area contributed by atoms with Crippen molar-refractivity contribution in [3.63, 3.8) is 0 Å². The summed E-state index contributed by atoms with van der Waals surface area (Å²) in [5.41, 5.74) is 0. The van der Waals surface area contributed by atoms with Crippen LogP contribution in [0.5, 0.6) is 0 Å². The number of rotatable bonds is 2. The molecule has 0 radical (unpaired) electrons. The lowest BCUT2D eigenvalue weighted by atomic mass is 11.0. The van der Waals surface area contributed by atoms with Gasteiger partial charge in [0, 0.05) is 13.3 Å². The maximum Gasteiger partial charge on any atom is 0.316 e. The first-order valence-corrected chi connectivity index (χ1v) is 4.85. The molecule has 0 aliphatic rings. The molecule has 60 valence electrons. The van der Waals surface area contributed by atoms with E-state index in [9.17, 15) is 13.2 Å². The average molecular weight is 186 g/mol. The van der Waals surface area contributed by atoms with E-state index in [2.05, 4.69) is 0 Å². The van der Waals surface area contributed by atoms with E-state index in [0.29, 0.717) is 0 Å². The van der Waals surface area contributed by atoms with E-state index in [-0.39, 0.29) is 5.88 Å². The van der Waals surface area contributed by atoms with Gasteiger partial charge in [-0.05, 0) is 11.6 Å². The minimum Gasteiger partial charge on any atom is -0.318 e. The predicted octanol–water partition coefficient (Wildman–Crippen LogP) is 0.279. The second-order valence-electron chi connectivity index (χ2n) is 2.01. The fraction of sp³-hybridized carbons (Fsp3) is 0.750. The van der Waals surface area contributed by atoms with Gasteiger partial charge in [0.2, 0.25) is 0 Å². The largest absolute Gasteiger partial charge is 0.318 e. The Balaban J connectivity index is 4.06. The van der Waals surface area contributed by atoms with Crippen molar-refractivity contribution in [1.29, 1.82) is 0 Å². The molecule has 0 aliphatic carbocycles. The van der Waals surface area contributed by atoms with Crippen LogP contribution in [0.25, 0.3) is 0 Å². The molecule has 0 aliphatic heterocycles. The Kier molecular flexibility index (Phi) is 3.11. The highest BCUT2D eigenvalue weighted by Gasteiger charge is 2.10. The molecular weight excluding hydrogens is 178 g/mol. The maximum absolute atomic E-state index is 10.5. The molecule has 0 spiro atoms. The third-order valence-corrected chi connectivity index (χ3v) is 1.87. The fourth-order valence-electron chi connectivity index (χ4n) is 0.403. The van der Waals surface area contributed by atoms with Gasteiger partial charge in [-0.15, -0.1) is 0 Å². The molecule has 0 rings (SSSR count). The Bertz CT molecular complexity index is 223. The van der Waals surface area contributed by atoms with E-state index in [0.717, 1.165) is 11.2 Å². The van der Waals surface area contributed by atoms with E-state index >= 15 is 0 Å². The van der Waals surface area contributed by atoms with Crippen molar-refractivity contribution >= 4 is 26.8 Å². The molecule has 0 N–H and O–H groups in total. The standard InChI is InChI=1S/C4H8ClNO3S/c1-6(4(5)7)3-10(2,8)9/h3H2,1-2H3. The van der Waals surface area contributed by atoms with E-state index in [1.165, 1.54) is 7.05 Å². The summed E-state index contributed by atoms with van der Waals surface area (Å²) in [6.45, 7) is 0. The molecule has 0 heterocycles. The van der Waals surface area contributed by atoms with Crippen molar-refractivity contribution < 1.29 is 13.2 Å². The van der Waals surface area contributed by atoms with Gasteiger partial charge in [0.1, 0.15) is 5.88 Å². The van der Waals surface area contributed by atoms with Crippen LogP contribution in [0.3, 0.4) is 0 Å². The van der Waals surface area contributed by atoms with Crippen molar-refractivity contribution in [2.45, 2.75) is 0 Å². The predicted molar refractivity (Wildman–Crippen MR) is 38.7 cm³/mol. The summed E-state index contributed by atoms with van der Waals surface area (Å²) in [5.74, 6) is -0.338. The van der Waals surface area contributed by atoms with Crippen LogP contribution in [-0.2, 0) is 9.84 Å². The number of carbonyl (C=O) groups is 1. The number of sulfone groups is 1. The molecule has 0 fully saturated rings. The van der Waals surface area contributed by atoms with Gasteiger partial charge < -0.3 is 4.90 Å². The van der Waals surface area contributed by atoms with E-state index in [1.54, 1.807) is 0 Å². The Morgan fingerprint density at radius 1 is 1.60 bits per heavy atom. The average Bonchev–Trinajstić information content (AvgIpc) is 1.60. The quantitative estimate of drug-likeness (QED) is 0.459. The third-order valence-electron chi connectivity index (χ3n) is 0.728. The van der Waals surface area contributed by atoms with E-state index in [4.69, 9.17) is 11.6 Å². The lowest BCUT2D eigenvalue weighted by Crippen LogP contribution is -2.27. The molecule has 0 aromatic carbocycles. The number of halogens is 1. The van der Waals surface area contributed by atoms with Crippen LogP contribution in [0.2, 0.25) is 0 Å². The second-order valence-corrected chi connectivity index (χ2v) is 4.44. The summed E-state index contributed by atoms with van der Waals surface area (Å²) < 4.78 is 21.0. The van der Waals surface area contributed by atoms with Gasteiger partial charge >= 0.3 is 5.37 Å². The molecule has 0 aromatic rings. The van der Waals surface area contributed by atoms with Crippen LogP contribution in [0.15, 0.2) is 0 Å². The molecule has 6 heteroatoms. The molecule has 0 bridgehead atoms. The highest BCUT2D eigenvalue weighted by molar-refractivity contribution is 7.90. The first-order valence-electron chi connectivity index (χ1n) is 2.41. The number of hydrogen-bond acceptors (Lipinski definition) is 3. The van der Waals surface area contributed by atoms with Crippen molar-refractivity contribution in [3.8, 4) is 0 Å². The molecule has 1 amide bonds. The number of hydrogen-bond donors (Lipinski definition) is 0. The van der Waals surface area contributed by atoms with Crippen molar-refractivity contribution in [2.75, 3.05) is 19.2 Å². The first kappa shape index (κ1) is 9.71. The number of amides is 1. The SMILES string of the molecule is CN(CS(C)(=O)=O)C(=O)Cl. The number of carbonyl (C=O) groups excluding carboxylic acids is 1. The molecule has 0 atom stereocenters.